The number of hydrogen-bond donors (Lipinski definition) is 2. The van der Waals surface area contributed by atoms with Gasteiger partial charge in [-0.15, -0.1) is 23.1 Å². The van der Waals surface area contributed by atoms with Crippen LogP contribution < -0.4 is 0 Å². The van der Waals surface area contributed by atoms with E-state index in [1.807, 2.05) is 18.2 Å². The van der Waals surface area contributed by atoms with Gasteiger partial charge in [0.15, 0.2) is 6.04 Å². The molecule has 1 aliphatic heterocycles. The predicted molar refractivity (Wildman–Crippen MR) is 90.8 cm³/mol. The lowest BCUT2D eigenvalue weighted by atomic mass is 10.3. The van der Waals surface area contributed by atoms with Crippen LogP contribution in [0.4, 0.5) is 0 Å². The van der Waals surface area contributed by atoms with Gasteiger partial charge >= 0.3 is 5.97 Å². The number of fused-ring (bicyclic) bond motifs is 1. The van der Waals surface area contributed by atoms with Gasteiger partial charge in [-0.1, -0.05) is 12.2 Å². The molecule has 22 heavy (non-hydrogen) atoms. The molecule has 0 saturated heterocycles. The third-order valence-corrected chi connectivity index (χ3v) is 4.94. The highest BCUT2D eigenvalue weighted by Gasteiger charge is 2.22. The molecule has 2 N–H and O–H groups in total. The van der Waals surface area contributed by atoms with E-state index < -0.39 is 12.0 Å². The Hall–Kier alpha value is -2.12. The van der Waals surface area contributed by atoms with Gasteiger partial charge < -0.3 is 10.2 Å². The number of nitrogens with zero attached hydrogens (tertiary/aromatic N) is 2. The second-order valence-electron chi connectivity index (χ2n) is 4.55. The van der Waals surface area contributed by atoms with E-state index in [1.54, 1.807) is 24.3 Å². The first-order valence-electron chi connectivity index (χ1n) is 6.49. The minimum atomic E-state index is -0.885. The number of phenols is 1. The third kappa shape index (κ3) is 3.37. The van der Waals surface area contributed by atoms with Crippen LogP contribution in [-0.2, 0) is 4.79 Å². The van der Waals surface area contributed by atoms with E-state index in [0.29, 0.717) is 5.75 Å². The Balaban J connectivity index is 1.67. The molecule has 1 aliphatic rings. The maximum absolute atomic E-state index is 10.8. The van der Waals surface area contributed by atoms with Gasteiger partial charge in [0.2, 0.25) is 0 Å². The highest BCUT2D eigenvalue weighted by Crippen LogP contribution is 2.26. The molecule has 0 spiro atoms. The van der Waals surface area contributed by atoms with E-state index in [4.69, 9.17) is 5.11 Å². The number of benzene rings is 1. The summed E-state index contributed by atoms with van der Waals surface area (Å²) >= 11 is 2.93. The number of aliphatic carboxylic acids is 1. The van der Waals surface area contributed by atoms with Crippen molar-refractivity contribution in [3.8, 4) is 5.75 Å². The molecule has 7 heteroatoms. The van der Waals surface area contributed by atoms with E-state index in [0.717, 1.165) is 20.3 Å². The van der Waals surface area contributed by atoms with Crippen molar-refractivity contribution in [2.24, 2.45) is 4.99 Å². The van der Waals surface area contributed by atoms with Gasteiger partial charge in [-0.25, -0.2) is 9.78 Å². The number of rotatable bonds is 4. The molecular weight excluding hydrogens is 320 g/mol. The van der Waals surface area contributed by atoms with Crippen molar-refractivity contribution >= 4 is 50.4 Å². The first-order valence-corrected chi connectivity index (χ1v) is 8.30. The third-order valence-electron chi connectivity index (χ3n) is 2.93. The maximum atomic E-state index is 10.8. The summed E-state index contributed by atoms with van der Waals surface area (Å²) in [5.41, 5.74) is 0.853. The Morgan fingerprint density at radius 3 is 2.91 bits per heavy atom. The fraction of sp³-hybridized carbons (Fsp3) is 0.133. The number of allylic oxidation sites excluding steroid dienone is 2. The summed E-state index contributed by atoms with van der Waals surface area (Å²) < 4.78 is 0.934. The number of aromatic hydroxyl groups is 1. The predicted octanol–water partition coefficient (Wildman–Crippen LogP) is 3.17. The van der Waals surface area contributed by atoms with E-state index in [2.05, 4.69) is 9.98 Å². The number of carboxylic acids is 1. The van der Waals surface area contributed by atoms with Crippen molar-refractivity contribution in [1.29, 1.82) is 0 Å². The minimum Gasteiger partial charge on any atom is -0.508 e. The second-order valence-corrected chi connectivity index (χ2v) is 6.66. The summed E-state index contributed by atoms with van der Waals surface area (Å²) in [4.78, 5) is 19.3. The molecule has 3 rings (SSSR count). The molecule has 0 fully saturated rings. The molecule has 0 bridgehead atoms. The van der Waals surface area contributed by atoms with E-state index in [-0.39, 0.29) is 5.75 Å². The second kappa shape index (κ2) is 6.33. The topological polar surface area (TPSA) is 82.8 Å². The Kier molecular flexibility index (Phi) is 4.26. The lowest BCUT2D eigenvalue weighted by molar-refractivity contribution is -0.137. The van der Waals surface area contributed by atoms with Gasteiger partial charge in [0.1, 0.15) is 10.8 Å². The number of thiazole rings is 1. The van der Waals surface area contributed by atoms with Gasteiger partial charge in [0, 0.05) is 5.75 Å². The molecule has 2 heterocycles. The molecule has 112 valence electrons. The Morgan fingerprint density at radius 1 is 1.32 bits per heavy atom. The zero-order valence-electron chi connectivity index (χ0n) is 11.3. The standard InChI is InChI=1S/C15H12N2O3S2/c18-9-5-6-10-12(7-9)22-14(16-10)4-2-1-3-13-17-11(8-21-13)15(19)20/h1-7,11,18H,8H2,(H,19,20)/b3-1+,4-2+/t11-/m1/s1. The molecule has 0 aliphatic carbocycles. The summed E-state index contributed by atoms with van der Waals surface area (Å²) in [6.07, 6.45) is 7.32. The van der Waals surface area contributed by atoms with Crippen LogP contribution in [0.15, 0.2) is 41.4 Å². The Labute approximate surface area is 134 Å². The number of carbonyl (C=O) groups is 1. The first-order chi connectivity index (χ1) is 10.6. The monoisotopic (exact) mass is 332 g/mol. The number of phenolic OH excluding ortho intramolecular Hbond substituents is 1. The summed E-state index contributed by atoms with van der Waals surface area (Å²) in [5, 5.41) is 19.9. The van der Waals surface area contributed by atoms with Crippen LogP contribution in [-0.4, -0.2) is 38.0 Å². The molecule has 5 nitrogen and oxygen atoms in total. The largest absolute Gasteiger partial charge is 0.508 e. The van der Waals surface area contributed by atoms with Crippen molar-refractivity contribution in [2.75, 3.05) is 5.75 Å². The van der Waals surface area contributed by atoms with Crippen LogP contribution in [0.1, 0.15) is 5.01 Å². The molecule has 1 aromatic heterocycles. The van der Waals surface area contributed by atoms with Crippen LogP contribution in [0.25, 0.3) is 16.3 Å². The van der Waals surface area contributed by atoms with Crippen LogP contribution in [0.5, 0.6) is 5.75 Å². The summed E-state index contributed by atoms with van der Waals surface area (Å²) in [6.45, 7) is 0. The number of aromatic nitrogens is 1. The Bertz CT molecular complexity index is 808. The summed E-state index contributed by atoms with van der Waals surface area (Å²) in [6, 6.07) is 4.45. The van der Waals surface area contributed by atoms with Gasteiger partial charge in [-0.2, -0.15) is 0 Å². The van der Waals surface area contributed by atoms with Crippen LogP contribution in [0.2, 0.25) is 0 Å². The van der Waals surface area contributed by atoms with Gasteiger partial charge in [-0.3, -0.25) is 4.99 Å². The van der Waals surface area contributed by atoms with Crippen molar-refractivity contribution < 1.29 is 15.0 Å². The molecule has 0 amide bonds. The SMILES string of the molecule is O=C(O)[C@H]1CSC(/C=C/C=C/c2nc3ccc(O)cc3s2)=N1. The van der Waals surface area contributed by atoms with Crippen LogP contribution in [0.3, 0.4) is 0 Å². The fourth-order valence-electron chi connectivity index (χ4n) is 1.89. The minimum absolute atomic E-state index is 0.232. The highest BCUT2D eigenvalue weighted by molar-refractivity contribution is 8.14. The number of carboxylic acid groups (broad SMARTS) is 1. The number of thioether (sulfide) groups is 1. The zero-order valence-corrected chi connectivity index (χ0v) is 13.0. The lowest BCUT2D eigenvalue weighted by Crippen LogP contribution is -2.16. The summed E-state index contributed by atoms with van der Waals surface area (Å²) in [5.74, 6) is -0.167. The lowest BCUT2D eigenvalue weighted by Gasteiger charge is -1.93. The van der Waals surface area contributed by atoms with E-state index in [9.17, 15) is 9.90 Å². The maximum Gasteiger partial charge on any atom is 0.329 e. The van der Waals surface area contributed by atoms with Crippen LogP contribution >= 0.6 is 23.1 Å². The smallest absolute Gasteiger partial charge is 0.329 e. The van der Waals surface area contributed by atoms with Crippen molar-refractivity contribution in [2.45, 2.75) is 6.04 Å². The fourth-order valence-corrected chi connectivity index (χ4v) is 3.72. The molecule has 0 unspecified atom stereocenters. The molecule has 1 atom stereocenters. The number of hydrogen-bond acceptors (Lipinski definition) is 6. The quantitative estimate of drug-likeness (QED) is 0.840. The average Bonchev–Trinajstić information content (AvgIpc) is 3.09. The molecule has 0 radical (unpaired) electrons. The first kappa shape index (κ1) is 14.8. The van der Waals surface area contributed by atoms with Crippen molar-refractivity contribution in [1.82, 2.24) is 4.98 Å². The van der Waals surface area contributed by atoms with Crippen LogP contribution in [0, 0.1) is 0 Å². The zero-order chi connectivity index (χ0) is 15.5. The van der Waals surface area contributed by atoms with Gasteiger partial charge in [0.05, 0.1) is 15.3 Å². The molecule has 2 aromatic rings. The van der Waals surface area contributed by atoms with E-state index >= 15 is 0 Å². The normalized spacial score (nSPS) is 18.5. The van der Waals surface area contributed by atoms with Gasteiger partial charge in [-0.05, 0) is 30.4 Å². The molecular formula is C15H12N2O3S2. The van der Waals surface area contributed by atoms with E-state index in [1.165, 1.54) is 23.1 Å². The average molecular weight is 332 g/mol. The molecule has 1 aromatic carbocycles. The highest BCUT2D eigenvalue weighted by atomic mass is 32.2. The Morgan fingerprint density at radius 2 is 2.14 bits per heavy atom. The number of aliphatic imine (C=N–C) groups is 1. The van der Waals surface area contributed by atoms with Crippen molar-refractivity contribution in [3.05, 3.63) is 41.4 Å². The van der Waals surface area contributed by atoms with Gasteiger partial charge in [0.25, 0.3) is 0 Å². The molecule has 0 saturated carbocycles. The summed E-state index contributed by atoms with van der Waals surface area (Å²) in [7, 11) is 0. The van der Waals surface area contributed by atoms with Crippen molar-refractivity contribution in [3.63, 3.8) is 0 Å².